The molecule has 5 saturated carbocycles. The van der Waals surface area contributed by atoms with Crippen LogP contribution in [0.5, 0.6) is 0 Å². The normalized spacial score (nSPS) is 32.8. The number of nitrogens with zero attached hydrogens (tertiary/aromatic N) is 9. The van der Waals surface area contributed by atoms with Crippen molar-refractivity contribution in [2.75, 3.05) is 82.1 Å². The van der Waals surface area contributed by atoms with Crippen molar-refractivity contribution in [3.05, 3.63) is 12.2 Å². The van der Waals surface area contributed by atoms with Crippen molar-refractivity contribution in [3.63, 3.8) is 0 Å². The van der Waals surface area contributed by atoms with Crippen LogP contribution in [-0.2, 0) is 62.3 Å². The maximum atomic E-state index is 15.8. The summed E-state index contributed by atoms with van der Waals surface area (Å²) in [6.45, 7) is 13.0. The third-order valence-corrected chi connectivity index (χ3v) is 25.5. The van der Waals surface area contributed by atoms with Gasteiger partial charge in [-0.2, -0.15) is 0 Å². The van der Waals surface area contributed by atoms with Gasteiger partial charge in [0.1, 0.15) is 60.4 Å². The Balaban J connectivity index is 1.20. The molecule has 2 bridgehead atoms. The number of amides is 12. The minimum atomic E-state index is -1.57. The SMILES string of the molecule is CCC[C@H]1C(=O)N[C@@H]([C@@H](C)CC)C(=O)N(C2CC2)CC(=O)N(C)[C@H]2C/C=C\CCN(C2=O)[C@@H](CC2CCC(C)CC2)C(=O)N(C)CC(=O)N[C@@H](CCC2CCC(Cl)C(Cl)C2)C(=O)N2C[C@H](OCC)C[C@H]2C(=O)NC2(CC(C)(C)C2)C(=O)N(C)[C@@H](CC2CCC2)C(=O)N(C)[C@H](C(=O)N(C)C)CC(=O)N1C. The molecule has 3 N–H and O–H groups in total. The molecule has 3 heterocycles. The van der Waals surface area contributed by atoms with Gasteiger partial charge in [0.15, 0.2) is 0 Å². The highest BCUT2D eigenvalue weighted by molar-refractivity contribution is 6.30. The second-order valence-electron chi connectivity index (χ2n) is 33.2. The predicted molar refractivity (Wildman–Crippen MR) is 397 cm³/mol. The van der Waals surface area contributed by atoms with Gasteiger partial charge >= 0.3 is 0 Å². The molecular weight excluding hydrogens is 1370 g/mol. The van der Waals surface area contributed by atoms with Gasteiger partial charge < -0.3 is 64.8 Å². The summed E-state index contributed by atoms with van der Waals surface area (Å²) in [5.41, 5.74) is -2.03. The first-order chi connectivity index (χ1) is 49.1. The van der Waals surface area contributed by atoms with Gasteiger partial charge in [0, 0.05) is 86.9 Å². The highest BCUT2D eigenvalue weighted by atomic mass is 35.5. The Hall–Kier alpha value is -6.08. The smallest absolute Gasteiger partial charge is 0.248 e. The van der Waals surface area contributed by atoms with Crippen molar-refractivity contribution in [2.45, 2.75) is 286 Å². The number of hydrogen-bond acceptors (Lipinski definition) is 13. The maximum Gasteiger partial charge on any atom is 0.248 e. The van der Waals surface area contributed by atoms with E-state index in [2.05, 4.69) is 22.9 Å². The van der Waals surface area contributed by atoms with E-state index >= 15 is 33.6 Å². The summed E-state index contributed by atoms with van der Waals surface area (Å²) in [6.07, 6.45) is 14.8. The molecule has 0 radical (unpaired) electrons. The van der Waals surface area contributed by atoms with E-state index < -0.39 is 162 Å². The van der Waals surface area contributed by atoms with Crippen molar-refractivity contribution in [2.24, 2.45) is 35.0 Å². The molecule has 0 aromatic carbocycles. The summed E-state index contributed by atoms with van der Waals surface area (Å²) >= 11 is 13.4. The largest absolute Gasteiger partial charge is 0.377 e. The van der Waals surface area contributed by atoms with Crippen LogP contribution in [-0.4, -0.2) is 274 Å². The van der Waals surface area contributed by atoms with E-state index in [-0.39, 0.29) is 99.2 Å². The number of alkyl halides is 2. The fourth-order valence-corrected chi connectivity index (χ4v) is 17.9. The van der Waals surface area contributed by atoms with E-state index in [4.69, 9.17) is 27.9 Å². The molecule has 0 aromatic rings. The number of halogens is 2. The minimum Gasteiger partial charge on any atom is -0.377 e. The second-order valence-corrected chi connectivity index (χ2v) is 34.3. The average Bonchev–Trinajstić information content (AvgIpc) is 0.901. The van der Waals surface area contributed by atoms with Crippen molar-refractivity contribution in [1.82, 2.24) is 60.0 Å². The zero-order valence-corrected chi connectivity index (χ0v) is 66.3. The third kappa shape index (κ3) is 20.4. The molecule has 7 fully saturated rings. The molecular formula is C77H124Cl2N12O13. The molecule has 1 spiro atoms. The Morgan fingerprint density at radius 2 is 1.29 bits per heavy atom. The van der Waals surface area contributed by atoms with Crippen LogP contribution < -0.4 is 16.0 Å². The van der Waals surface area contributed by atoms with Crippen LogP contribution in [0.2, 0.25) is 0 Å². The number of carbonyl (C=O) groups is 12. The lowest BCUT2D eigenvalue weighted by Crippen LogP contribution is -2.71. The van der Waals surface area contributed by atoms with Crippen LogP contribution in [0.25, 0.3) is 0 Å². The van der Waals surface area contributed by atoms with Crippen molar-refractivity contribution in [3.8, 4) is 0 Å². The summed E-state index contributed by atoms with van der Waals surface area (Å²) in [7, 11) is 10.5. The zero-order chi connectivity index (χ0) is 76.4. The van der Waals surface area contributed by atoms with Crippen LogP contribution in [0.15, 0.2) is 12.2 Å². The van der Waals surface area contributed by atoms with Crippen LogP contribution in [0.3, 0.4) is 0 Å². The molecule has 3 unspecified atom stereocenters. The summed E-state index contributed by atoms with van der Waals surface area (Å²) in [5, 5.41) is 8.62. The molecule has 0 aromatic heterocycles. The summed E-state index contributed by atoms with van der Waals surface area (Å²) in [4.78, 5) is 195. The number of hydrogen-bond donors (Lipinski definition) is 3. The summed E-state index contributed by atoms with van der Waals surface area (Å²) in [6, 6.07) is -9.79. The van der Waals surface area contributed by atoms with Crippen LogP contribution in [0.1, 0.15) is 209 Å². The van der Waals surface area contributed by atoms with Gasteiger partial charge in [-0.3, -0.25) is 57.5 Å². The average molecular weight is 1500 g/mol. The van der Waals surface area contributed by atoms with E-state index in [1.54, 1.807) is 4.90 Å². The molecule has 27 heteroatoms. The lowest BCUT2D eigenvalue weighted by molar-refractivity contribution is -0.160. The second kappa shape index (κ2) is 36.7. The van der Waals surface area contributed by atoms with E-state index in [1.165, 1.54) is 88.5 Å². The van der Waals surface area contributed by atoms with Gasteiger partial charge in [-0.25, -0.2) is 0 Å². The Bertz CT molecular complexity index is 3110. The van der Waals surface area contributed by atoms with Crippen LogP contribution in [0, 0.1) is 35.0 Å². The molecule has 584 valence electrons. The molecule has 12 amide bonds. The first-order valence-electron chi connectivity index (χ1n) is 39.0. The van der Waals surface area contributed by atoms with Gasteiger partial charge in [-0.05, 0) is 132 Å². The van der Waals surface area contributed by atoms with Crippen molar-refractivity contribution in [1.29, 1.82) is 0 Å². The Labute approximate surface area is 628 Å². The molecule has 3 aliphatic heterocycles. The molecule has 8 aliphatic rings. The maximum absolute atomic E-state index is 15.8. The highest BCUT2D eigenvalue weighted by Gasteiger charge is 2.59. The zero-order valence-electron chi connectivity index (χ0n) is 64.8. The predicted octanol–water partition coefficient (Wildman–Crippen LogP) is 6.48. The van der Waals surface area contributed by atoms with Crippen molar-refractivity contribution >= 4 is 94.1 Å². The molecule has 25 nitrogen and oxygen atoms in total. The number of nitrogens with one attached hydrogen (secondary N) is 3. The van der Waals surface area contributed by atoms with E-state index in [0.29, 0.717) is 63.7 Å². The third-order valence-electron chi connectivity index (χ3n) is 24.3. The fourth-order valence-electron chi connectivity index (χ4n) is 17.3. The number of rotatable bonds is 15. The number of carbonyl (C=O) groups excluding carboxylic acids is 12. The molecule has 13 atom stereocenters. The van der Waals surface area contributed by atoms with E-state index in [0.717, 1.165) is 51.4 Å². The molecule has 5 aliphatic carbocycles. The number of likely N-dealkylation sites (N-methyl/N-ethyl adjacent to an activating group) is 6. The Morgan fingerprint density at radius 1 is 0.635 bits per heavy atom. The first kappa shape index (κ1) is 83.6. The molecule has 2 saturated heterocycles. The van der Waals surface area contributed by atoms with Gasteiger partial charge in [-0.15, -0.1) is 23.2 Å². The Kier molecular flexibility index (Phi) is 29.5. The number of ether oxygens (including phenoxy) is 1. The highest BCUT2D eigenvalue weighted by Crippen LogP contribution is 2.50. The summed E-state index contributed by atoms with van der Waals surface area (Å²) < 4.78 is 6.18. The van der Waals surface area contributed by atoms with Crippen LogP contribution in [0.4, 0.5) is 0 Å². The number of fused-ring (bicyclic) bond motifs is 3. The van der Waals surface area contributed by atoms with Crippen molar-refractivity contribution < 1.29 is 62.3 Å². The summed E-state index contributed by atoms with van der Waals surface area (Å²) in [5.74, 6) is -6.70. The Morgan fingerprint density at radius 3 is 1.88 bits per heavy atom. The quantitative estimate of drug-likeness (QED) is 0.117. The monoisotopic (exact) mass is 1490 g/mol. The molecule has 104 heavy (non-hydrogen) atoms. The topological polar surface area (TPSA) is 279 Å². The van der Waals surface area contributed by atoms with Gasteiger partial charge in [-0.1, -0.05) is 111 Å². The first-order valence-corrected chi connectivity index (χ1v) is 39.9. The lowest BCUT2D eigenvalue weighted by Gasteiger charge is -2.54. The molecule has 8 rings (SSSR count). The fraction of sp³-hybridized carbons (Fsp3) is 0.818. The van der Waals surface area contributed by atoms with E-state index in [1.807, 2.05) is 53.7 Å². The minimum absolute atomic E-state index is 0.0249. The van der Waals surface area contributed by atoms with Gasteiger partial charge in [0.05, 0.1) is 24.4 Å². The van der Waals surface area contributed by atoms with Gasteiger partial charge in [0.2, 0.25) is 70.9 Å². The van der Waals surface area contributed by atoms with E-state index in [9.17, 15) is 24.0 Å². The van der Waals surface area contributed by atoms with Crippen LogP contribution >= 0.6 is 23.2 Å². The van der Waals surface area contributed by atoms with Gasteiger partial charge in [0.25, 0.3) is 0 Å². The standard InChI is InChI=1S/C77H124Cl2N12O13/c1-15-22-57-67(95)81-66(48(5)16-2)74(102)90(52-32-33-52)44-65(94)86(12)58-25-19-18-20-36-89(73(58)101)62(39-51-28-26-47(4)27-29-51)71(99)84(10)43-63(92)80-56(35-31-50-30-34-54(78)55(79)37-50)69(97)91-42-53(104-17-3)40-59(91)68(96)82-77(45-76(6,7)46-77)75(103)88(14)60(38-49-23-21-24-49)72(100)87(13)61(70(98)83(8)9)41-64(93)85(57)11/h18-19,47-62,66H,15-17,20-46H2,1-14H3,(H,80,92)(H,81,95)(H,82,96)/b19-18-/t47?,48-,50?,51?,53+,54?,55?,56-,57-,58-,59-,60-,61-,62-,66-/m0/s1. The lowest BCUT2D eigenvalue weighted by atomic mass is 9.58.